The van der Waals surface area contributed by atoms with Crippen molar-refractivity contribution in [1.29, 1.82) is 0 Å². The summed E-state index contributed by atoms with van der Waals surface area (Å²) in [5, 5.41) is 2.22. The van der Waals surface area contributed by atoms with Gasteiger partial charge in [0.05, 0.1) is 9.90 Å². The molecule has 2 unspecified atom stereocenters. The van der Waals surface area contributed by atoms with E-state index < -0.39 is 11.7 Å². The van der Waals surface area contributed by atoms with Crippen molar-refractivity contribution in [2.75, 3.05) is 0 Å². The molecule has 1 aromatic heterocycles. The summed E-state index contributed by atoms with van der Waals surface area (Å²) in [6.45, 7) is 3.09. The zero-order chi connectivity index (χ0) is 9.35. The van der Waals surface area contributed by atoms with Crippen LogP contribution in [0.1, 0.15) is 18.7 Å². The summed E-state index contributed by atoms with van der Waals surface area (Å²) in [6, 6.07) is 1.13. The summed E-state index contributed by atoms with van der Waals surface area (Å²) in [6.07, 6.45) is 0. The van der Waals surface area contributed by atoms with Crippen LogP contribution in [-0.4, -0.2) is 6.04 Å². The van der Waals surface area contributed by atoms with E-state index in [-0.39, 0.29) is 0 Å². The van der Waals surface area contributed by atoms with Gasteiger partial charge in [-0.05, 0) is 25.3 Å². The summed E-state index contributed by atoms with van der Waals surface area (Å²) in [4.78, 5) is 0.513. The molecule has 1 nitrogen and oxygen atoms in total. The summed E-state index contributed by atoms with van der Waals surface area (Å²) in [7, 11) is 0. The lowest BCUT2D eigenvalue weighted by molar-refractivity contribution is 0.163. The van der Waals surface area contributed by atoms with Crippen LogP contribution in [0.3, 0.4) is 0 Å². The van der Waals surface area contributed by atoms with Crippen LogP contribution >= 0.6 is 22.9 Å². The summed E-state index contributed by atoms with van der Waals surface area (Å²) in [5.41, 5.74) is 3.98. The fourth-order valence-corrected chi connectivity index (χ4v) is 2.24. The Morgan fingerprint density at radius 3 is 2.67 bits per heavy atom. The Balaban J connectivity index is 3.05. The minimum Gasteiger partial charge on any atom is -0.325 e. The van der Waals surface area contributed by atoms with Gasteiger partial charge >= 0.3 is 0 Å². The molecule has 0 aliphatic carbocycles. The monoisotopic (exact) mass is 207 g/mol. The molecule has 2 atom stereocenters. The SMILES string of the molecule is CC(N)C(C)(F)c1sccc1Cl. The van der Waals surface area contributed by atoms with E-state index in [4.69, 9.17) is 17.3 Å². The highest BCUT2D eigenvalue weighted by Crippen LogP contribution is 2.37. The van der Waals surface area contributed by atoms with E-state index in [1.165, 1.54) is 18.3 Å². The molecule has 0 spiro atoms. The van der Waals surface area contributed by atoms with Gasteiger partial charge in [0.2, 0.25) is 0 Å². The Bertz CT molecular complexity index is 270. The highest BCUT2D eigenvalue weighted by molar-refractivity contribution is 7.10. The van der Waals surface area contributed by atoms with Crippen LogP contribution in [0.25, 0.3) is 0 Å². The average molecular weight is 208 g/mol. The Labute approximate surface area is 80.3 Å². The van der Waals surface area contributed by atoms with Crippen molar-refractivity contribution in [2.45, 2.75) is 25.6 Å². The van der Waals surface area contributed by atoms with Crippen molar-refractivity contribution in [3.63, 3.8) is 0 Å². The molecule has 0 bridgehead atoms. The van der Waals surface area contributed by atoms with E-state index in [0.29, 0.717) is 9.90 Å². The first-order valence-corrected chi connectivity index (χ1v) is 4.90. The largest absolute Gasteiger partial charge is 0.325 e. The van der Waals surface area contributed by atoms with Crippen LogP contribution in [0.2, 0.25) is 5.02 Å². The number of hydrogen-bond donors (Lipinski definition) is 1. The Morgan fingerprint density at radius 2 is 2.33 bits per heavy atom. The van der Waals surface area contributed by atoms with Gasteiger partial charge in [0.15, 0.2) is 5.67 Å². The molecule has 12 heavy (non-hydrogen) atoms. The summed E-state index contributed by atoms with van der Waals surface area (Å²) in [5.74, 6) is 0. The van der Waals surface area contributed by atoms with Gasteiger partial charge in [-0.2, -0.15) is 0 Å². The number of alkyl halides is 1. The Kier molecular flexibility index (Phi) is 2.76. The highest BCUT2D eigenvalue weighted by atomic mass is 35.5. The van der Waals surface area contributed by atoms with Gasteiger partial charge in [-0.25, -0.2) is 4.39 Å². The highest BCUT2D eigenvalue weighted by Gasteiger charge is 2.33. The molecule has 0 saturated heterocycles. The van der Waals surface area contributed by atoms with Crippen LogP contribution < -0.4 is 5.73 Å². The van der Waals surface area contributed by atoms with Crippen molar-refractivity contribution in [2.24, 2.45) is 5.73 Å². The topological polar surface area (TPSA) is 26.0 Å². The molecule has 0 aromatic carbocycles. The Hall–Kier alpha value is -0.120. The number of thiophene rings is 1. The zero-order valence-electron chi connectivity index (χ0n) is 6.97. The lowest BCUT2D eigenvalue weighted by atomic mass is 9.99. The number of nitrogens with two attached hydrogens (primary N) is 1. The summed E-state index contributed by atoms with van der Waals surface area (Å²) < 4.78 is 13.8. The normalized spacial score (nSPS) is 18.8. The van der Waals surface area contributed by atoms with Crippen LogP contribution in [0.4, 0.5) is 4.39 Å². The molecule has 0 amide bonds. The van der Waals surface area contributed by atoms with Crippen LogP contribution in [-0.2, 0) is 5.67 Å². The van der Waals surface area contributed by atoms with Crippen LogP contribution in [0.15, 0.2) is 11.4 Å². The predicted molar refractivity (Wildman–Crippen MR) is 51.4 cm³/mol. The van der Waals surface area contributed by atoms with Crippen molar-refractivity contribution in [1.82, 2.24) is 0 Å². The molecule has 2 N–H and O–H groups in total. The maximum atomic E-state index is 13.8. The van der Waals surface area contributed by atoms with E-state index in [2.05, 4.69) is 0 Å². The first-order chi connectivity index (χ1) is 5.46. The lowest BCUT2D eigenvalue weighted by Gasteiger charge is -2.23. The molecule has 1 rings (SSSR count). The first-order valence-electron chi connectivity index (χ1n) is 3.64. The maximum absolute atomic E-state index is 13.8. The van der Waals surface area contributed by atoms with Gasteiger partial charge in [-0.3, -0.25) is 0 Å². The molecule has 68 valence electrons. The lowest BCUT2D eigenvalue weighted by Crippen LogP contribution is -2.36. The standard InChI is InChI=1S/C8H11ClFNS/c1-5(11)8(2,10)7-6(9)3-4-12-7/h3-5H,11H2,1-2H3. The molecule has 0 aliphatic heterocycles. The third-order valence-electron chi connectivity index (χ3n) is 1.92. The quantitative estimate of drug-likeness (QED) is 0.793. The number of rotatable bonds is 2. The Morgan fingerprint density at radius 1 is 1.75 bits per heavy atom. The van der Waals surface area contributed by atoms with E-state index >= 15 is 0 Å². The molecule has 0 saturated carbocycles. The number of hydrogen-bond acceptors (Lipinski definition) is 2. The van der Waals surface area contributed by atoms with Crippen molar-refractivity contribution < 1.29 is 4.39 Å². The smallest absolute Gasteiger partial charge is 0.158 e. The zero-order valence-corrected chi connectivity index (χ0v) is 8.55. The molecule has 0 fully saturated rings. The number of halogens is 2. The van der Waals surface area contributed by atoms with Crippen LogP contribution in [0.5, 0.6) is 0 Å². The van der Waals surface area contributed by atoms with Gasteiger partial charge in [0, 0.05) is 6.04 Å². The summed E-state index contributed by atoms with van der Waals surface area (Å²) >= 11 is 7.08. The maximum Gasteiger partial charge on any atom is 0.158 e. The van der Waals surface area contributed by atoms with E-state index in [1.54, 1.807) is 18.4 Å². The molecule has 1 aromatic rings. The van der Waals surface area contributed by atoms with Crippen molar-refractivity contribution in [3.8, 4) is 0 Å². The van der Waals surface area contributed by atoms with E-state index in [9.17, 15) is 4.39 Å². The average Bonchev–Trinajstić information content (AvgIpc) is 2.35. The molecule has 0 aliphatic rings. The predicted octanol–water partition coefficient (Wildman–Crippen LogP) is 2.93. The minimum absolute atomic E-state index is 0.460. The molecule has 4 heteroatoms. The van der Waals surface area contributed by atoms with Crippen molar-refractivity contribution >= 4 is 22.9 Å². The second kappa shape index (κ2) is 3.32. The van der Waals surface area contributed by atoms with Crippen molar-refractivity contribution in [3.05, 3.63) is 21.3 Å². The van der Waals surface area contributed by atoms with Gasteiger partial charge in [-0.1, -0.05) is 11.6 Å². The van der Waals surface area contributed by atoms with Crippen LogP contribution in [0, 0.1) is 0 Å². The third kappa shape index (κ3) is 1.63. The van der Waals surface area contributed by atoms with E-state index in [0.717, 1.165) is 0 Å². The molecular formula is C8H11ClFNS. The minimum atomic E-state index is -1.52. The fraction of sp³-hybridized carbons (Fsp3) is 0.500. The van der Waals surface area contributed by atoms with Gasteiger partial charge in [-0.15, -0.1) is 11.3 Å². The second-order valence-corrected chi connectivity index (χ2v) is 4.29. The molecular weight excluding hydrogens is 197 g/mol. The van der Waals surface area contributed by atoms with Gasteiger partial charge < -0.3 is 5.73 Å². The molecule has 1 heterocycles. The van der Waals surface area contributed by atoms with E-state index in [1.807, 2.05) is 0 Å². The fourth-order valence-electron chi connectivity index (χ4n) is 0.849. The first kappa shape index (κ1) is 9.96. The second-order valence-electron chi connectivity index (χ2n) is 2.96. The van der Waals surface area contributed by atoms with Gasteiger partial charge in [0.25, 0.3) is 0 Å². The molecule has 0 radical (unpaired) electrons. The van der Waals surface area contributed by atoms with Gasteiger partial charge in [0.1, 0.15) is 0 Å². The third-order valence-corrected chi connectivity index (χ3v) is 3.47.